The molecule has 0 spiro atoms. The summed E-state index contributed by atoms with van der Waals surface area (Å²) in [5, 5.41) is 6.21. The molecular weight excluding hydrogens is 394 g/mol. The third-order valence-corrected chi connectivity index (χ3v) is 6.37. The lowest BCUT2D eigenvalue weighted by atomic mass is 10.0. The molecule has 2 N–H and O–H groups in total. The summed E-state index contributed by atoms with van der Waals surface area (Å²) in [4.78, 5) is 21.1. The second-order valence-corrected chi connectivity index (χ2v) is 8.63. The molecule has 1 aromatic carbocycles. The van der Waals surface area contributed by atoms with Gasteiger partial charge in [-0.3, -0.25) is 4.79 Å². The van der Waals surface area contributed by atoms with Crippen molar-refractivity contribution in [3.63, 3.8) is 0 Å². The summed E-state index contributed by atoms with van der Waals surface area (Å²) in [6.45, 7) is 4.09. The van der Waals surface area contributed by atoms with Crippen LogP contribution in [-0.2, 0) is 4.79 Å². The first-order chi connectivity index (χ1) is 15.2. The number of hydrogen-bond acceptors (Lipinski definition) is 6. The number of carbonyl (C=O) groups excluding carboxylic acids is 1. The third-order valence-electron chi connectivity index (χ3n) is 6.37. The molecule has 160 valence electrons. The maximum atomic E-state index is 11.7. The highest BCUT2D eigenvalue weighted by atomic mass is 16.5. The van der Waals surface area contributed by atoms with E-state index >= 15 is 0 Å². The molecule has 8 heteroatoms. The van der Waals surface area contributed by atoms with Crippen LogP contribution in [0.3, 0.4) is 0 Å². The fourth-order valence-electron chi connectivity index (χ4n) is 4.44. The molecular formula is C23H25N5O3. The van der Waals surface area contributed by atoms with Gasteiger partial charge in [0.05, 0.1) is 24.1 Å². The van der Waals surface area contributed by atoms with Crippen LogP contribution >= 0.6 is 0 Å². The van der Waals surface area contributed by atoms with Crippen molar-refractivity contribution >= 4 is 22.8 Å². The van der Waals surface area contributed by atoms with E-state index in [-0.39, 0.29) is 17.9 Å². The normalized spacial score (nSPS) is 21.2. The van der Waals surface area contributed by atoms with Crippen LogP contribution in [0.25, 0.3) is 22.3 Å². The minimum Gasteiger partial charge on any atom is -0.488 e. The Balaban J connectivity index is 1.41. The van der Waals surface area contributed by atoms with Gasteiger partial charge in [-0.2, -0.15) is 0 Å². The van der Waals surface area contributed by atoms with E-state index in [1.165, 1.54) is 12.8 Å². The van der Waals surface area contributed by atoms with Crippen molar-refractivity contribution in [2.75, 3.05) is 25.0 Å². The van der Waals surface area contributed by atoms with E-state index < -0.39 is 0 Å². The van der Waals surface area contributed by atoms with E-state index in [1.807, 2.05) is 25.4 Å². The molecule has 2 aromatic heterocycles. The van der Waals surface area contributed by atoms with Crippen molar-refractivity contribution in [3.05, 3.63) is 30.6 Å². The average molecular weight is 419 g/mol. The van der Waals surface area contributed by atoms with Crippen LogP contribution in [0.15, 0.2) is 30.6 Å². The molecule has 6 rings (SSSR count). The zero-order valence-corrected chi connectivity index (χ0v) is 17.4. The predicted octanol–water partition coefficient (Wildman–Crippen LogP) is 3.14. The first kappa shape index (κ1) is 18.5. The molecule has 4 heterocycles. The molecule has 1 amide bonds. The number of carbonyl (C=O) groups is 1. The summed E-state index contributed by atoms with van der Waals surface area (Å²) in [6, 6.07) is 8.55. The fraction of sp³-hybridized carbons (Fsp3) is 0.435. The minimum atomic E-state index is -0.0912. The number of fused-ring (bicyclic) bond motifs is 2. The monoisotopic (exact) mass is 419 g/mol. The Hall–Kier alpha value is -3.29. The van der Waals surface area contributed by atoms with Gasteiger partial charge in [0.15, 0.2) is 11.6 Å². The predicted molar refractivity (Wildman–Crippen MR) is 116 cm³/mol. The van der Waals surface area contributed by atoms with Gasteiger partial charge in [0, 0.05) is 30.5 Å². The number of benzene rings is 1. The molecule has 0 bridgehead atoms. The van der Waals surface area contributed by atoms with E-state index in [4.69, 9.17) is 14.5 Å². The maximum Gasteiger partial charge on any atom is 0.220 e. The van der Waals surface area contributed by atoms with Gasteiger partial charge in [-0.25, -0.2) is 9.97 Å². The second kappa shape index (κ2) is 7.14. The number of pyridine rings is 1. The lowest BCUT2D eigenvalue weighted by molar-refractivity contribution is -0.119. The molecule has 1 unspecified atom stereocenters. The number of hydrogen-bond donors (Lipinski definition) is 2. The zero-order valence-electron chi connectivity index (χ0n) is 17.4. The average Bonchev–Trinajstić information content (AvgIpc) is 3.39. The number of rotatable bonds is 5. The Morgan fingerprint density at radius 1 is 1.26 bits per heavy atom. The van der Waals surface area contributed by atoms with Gasteiger partial charge >= 0.3 is 0 Å². The summed E-state index contributed by atoms with van der Waals surface area (Å²) >= 11 is 0. The van der Waals surface area contributed by atoms with Gasteiger partial charge in [-0.1, -0.05) is 0 Å². The SMILES string of the molecule is C[C@@H](Oc1cc(-c2ccc3c(n2)NCCO3)cc2ncn(C3CC3)c12)C1CNC(=O)C1. The fourth-order valence-corrected chi connectivity index (χ4v) is 4.44. The van der Waals surface area contributed by atoms with Crippen LogP contribution in [0.2, 0.25) is 0 Å². The Bertz CT molecular complexity index is 1170. The summed E-state index contributed by atoms with van der Waals surface area (Å²) < 4.78 is 14.4. The molecule has 1 saturated heterocycles. The summed E-state index contributed by atoms with van der Waals surface area (Å²) in [5.41, 5.74) is 3.71. The van der Waals surface area contributed by atoms with Gasteiger partial charge in [0.1, 0.15) is 24.0 Å². The Morgan fingerprint density at radius 2 is 2.16 bits per heavy atom. The maximum absolute atomic E-state index is 11.7. The lowest BCUT2D eigenvalue weighted by Crippen LogP contribution is -2.25. The highest BCUT2D eigenvalue weighted by Gasteiger charge is 2.30. The van der Waals surface area contributed by atoms with Crippen molar-refractivity contribution < 1.29 is 14.3 Å². The number of ether oxygens (including phenoxy) is 2. The number of amides is 1. The molecule has 0 radical (unpaired) electrons. The summed E-state index contributed by atoms with van der Waals surface area (Å²) in [5.74, 6) is 2.59. The van der Waals surface area contributed by atoms with E-state index in [9.17, 15) is 4.79 Å². The smallest absolute Gasteiger partial charge is 0.220 e. The Kier molecular flexibility index (Phi) is 4.26. The zero-order chi connectivity index (χ0) is 20.9. The van der Waals surface area contributed by atoms with Gasteiger partial charge in [0.25, 0.3) is 0 Å². The van der Waals surface area contributed by atoms with Crippen LogP contribution in [0.1, 0.15) is 32.2 Å². The highest BCUT2D eigenvalue weighted by molar-refractivity contribution is 5.88. The lowest BCUT2D eigenvalue weighted by Gasteiger charge is -2.22. The van der Waals surface area contributed by atoms with Crippen LogP contribution < -0.4 is 20.1 Å². The second-order valence-electron chi connectivity index (χ2n) is 8.63. The largest absolute Gasteiger partial charge is 0.488 e. The van der Waals surface area contributed by atoms with Gasteiger partial charge < -0.3 is 24.7 Å². The molecule has 1 saturated carbocycles. The molecule has 2 fully saturated rings. The summed E-state index contributed by atoms with van der Waals surface area (Å²) in [7, 11) is 0. The highest BCUT2D eigenvalue weighted by Crippen LogP contribution is 2.42. The molecule has 2 aliphatic heterocycles. The van der Waals surface area contributed by atoms with Gasteiger partial charge in [-0.05, 0) is 44.0 Å². The van der Waals surface area contributed by atoms with Crippen molar-refractivity contribution in [2.24, 2.45) is 5.92 Å². The molecule has 3 aromatic rings. The molecule has 31 heavy (non-hydrogen) atoms. The number of nitrogens with zero attached hydrogens (tertiary/aromatic N) is 3. The van der Waals surface area contributed by atoms with E-state index in [1.54, 1.807) is 0 Å². The van der Waals surface area contributed by atoms with E-state index in [0.717, 1.165) is 46.2 Å². The number of anilines is 1. The van der Waals surface area contributed by atoms with Crippen molar-refractivity contribution in [1.29, 1.82) is 0 Å². The van der Waals surface area contributed by atoms with Crippen LogP contribution in [0, 0.1) is 5.92 Å². The molecule has 2 atom stereocenters. The Morgan fingerprint density at radius 3 is 2.97 bits per heavy atom. The molecule has 3 aliphatic rings. The van der Waals surface area contributed by atoms with Crippen molar-refractivity contribution in [1.82, 2.24) is 19.9 Å². The third kappa shape index (κ3) is 3.36. The first-order valence-corrected chi connectivity index (χ1v) is 11.0. The minimum absolute atomic E-state index is 0.0912. The molecule has 8 nitrogen and oxygen atoms in total. The first-order valence-electron chi connectivity index (χ1n) is 11.0. The summed E-state index contributed by atoms with van der Waals surface area (Å²) in [6.07, 6.45) is 4.67. The van der Waals surface area contributed by atoms with Gasteiger partial charge in [0.2, 0.25) is 5.91 Å². The van der Waals surface area contributed by atoms with Crippen molar-refractivity contribution in [3.8, 4) is 22.8 Å². The quantitative estimate of drug-likeness (QED) is 0.660. The standard InChI is InChI=1S/C23H25N5O3/c1-13(15-10-21(29)25-11-15)31-20-9-14(8-18-22(20)28(12-26-18)16-2-3-16)17-4-5-19-23(27-17)24-6-7-30-19/h4-5,8-9,12-13,15-16H,2-3,6-7,10-11H2,1H3,(H,24,27)(H,25,29)/t13-,15?/m1/s1. The number of aromatic nitrogens is 3. The topological polar surface area (TPSA) is 90.3 Å². The van der Waals surface area contributed by atoms with Crippen LogP contribution in [0.4, 0.5) is 5.82 Å². The van der Waals surface area contributed by atoms with Crippen LogP contribution in [-0.4, -0.2) is 46.2 Å². The van der Waals surface area contributed by atoms with Crippen LogP contribution in [0.5, 0.6) is 11.5 Å². The van der Waals surface area contributed by atoms with Gasteiger partial charge in [-0.15, -0.1) is 0 Å². The number of nitrogens with one attached hydrogen (secondary N) is 2. The van der Waals surface area contributed by atoms with Crippen molar-refractivity contribution in [2.45, 2.75) is 38.3 Å². The van der Waals surface area contributed by atoms with E-state index in [2.05, 4.69) is 32.3 Å². The number of imidazole rings is 1. The Labute approximate surface area is 180 Å². The van der Waals surface area contributed by atoms with E-state index in [0.29, 0.717) is 25.6 Å². The molecule has 1 aliphatic carbocycles.